The molecule has 1 unspecified atom stereocenters. The van der Waals surface area contributed by atoms with Gasteiger partial charge in [0.1, 0.15) is 10.6 Å². The van der Waals surface area contributed by atoms with Gasteiger partial charge in [0, 0.05) is 12.6 Å². The van der Waals surface area contributed by atoms with Crippen LogP contribution in [0.3, 0.4) is 0 Å². The number of benzene rings is 1. The van der Waals surface area contributed by atoms with Gasteiger partial charge in [-0.1, -0.05) is 49.3 Å². The number of hydrogen-bond donors (Lipinski definition) is 1. The summed E-state index contributed by atoms with van der Waals surface area (Å²) in [5.41, 5.74) is 1.46. The van der Waals surface area contributed by atoms with Crippen LogP contribution in [0.1, 0.15) is 36.9 Å². The number of likely N-dealkylation sites (N-methyl/N-ethyl adjacent to an activating group) is 1. The molecule has 0 bridgehead atoms. The zero-order chi connectivity index (χ0) is 17.7. The fraction of sp³-hybridized carbons (Fsp3) is 0.471. The Bertz CT molecular complexity index is 733. The zero-order valence-electron chi connectivity index (χ0n) is 14.6. The quantitative estimate of drug-likeness (QED) is 0.791. The lowest BCUT2D eigenvalue weighted by atomic mass is 10.1. The van der Waals surface area contributed by atoms with E-state index in [1.807, 2.05) is 30.3 Å². The molecule has 1 N–H and O–H groups in total. The highest BCUT2D eigenvalue weighted by atomic mass is 32.2. The number of nitrogens with one attached hydrogen (secondary N) is 1. The third-order valence-electron chi connectivity index (χ3n) is 4.14. The van der Waals surface area contributed by atoms with Crippen molar-refractivity contribution >= 4 is 10.0 Å². The van der Waals surface area contributed by atoms with Gasteiger partial charge in [0.05, 0.1) is 0 Å². The predicted molar refractivity (Wildman–Crippen MR) is 93.3 cm³/mol. The molecule has 2 aromatic rings. The average molecular weight is 351 g/mol. The van der Waals surface area contributed by atoms with Crippen LogP contribution in [0.25, 0.3) is 0 Å². The summed E-state index contributed by atoms with van der Waals surface area (Å²) in [4.78, 5) is 2.36. The highest BCUT2D eigenvalue weighted by Crippen LogP contribution is 2.22. The van der Waals surface area contributed by atoms with Crippen molar-refractivity contribution in [2.45, 2.75) is 38.6 Å². The first-order chi connectivity index (χ1) is 11.4. The molecule has 0 aliphatic carbocycles. The van der Waals surface area contributed by atoms with Gasteiger partial charge < -0.3 is 4.52 Å². The van der Waals surface area contributed by atoms with Crippen LogP contribution in [0.15, 0.2) is 39.8 Å². The number of aromatic nitrogens is 1. The molecule has 0 aliphatic heterocycles. The molecule has 0 saturated heterocycles. The highest BCUT2D eigenvalue weighted by Gasteiger charge is 2.26. The van der Waals surface area contributed by atoms with Crippen LogP contribution >= 0.6 is 0 Å². The molecule has 0 aliphatic rings. The third-order valence-corrected chi connectivity index (χ3v) is 5.81. The second-order valence-electron chi connectivity index (χ2n) is 5.65. The van der Waals surface area contributed by atoms with E-state index < -0.39 is 10.0 Å². The van der Waals surface area contributed by atoms with Crippen LogP contribution in [0.2, 0.25) is 0 Å². The first-order valence-electron chi connectivity index (χ1n) is 8.12. The zero-order valence-corrected chi connectivity index (χ0v) is 15.4. The van der Waals surface area contributed by atoms with Crippen LogP contribution in [-0.2, 0) is 10.0 Å². The molecular formula is C17H25N3O3S. The summed E-state index contributed by atoms with van der Waals surface area (Å²) in [5.74, 6) is 0.305. The minimum atomic E-state index is -3.66. The average Bonchev–Trinajstić information content (AvgIpc) is 2.91. The van der Waals surface area contributed by atoms with Gasteiger partial charge in [-0.3, -0.25) is 4.90 Å². The van der Waals surface area contributed by atoms with Gasteiger partial charge in [-0.25, -0.2) is 13.1 Å². The SMILES string of the molecule is CCN(CC)C(CNS(=O)(=O)c1c(C)noc1C)c1ccccc1. The summed E-state index contributed by atoms with van der Waals surface area (Å²) in [7, 11) is -3.66. The Kier molecular flexibility index (Phi) is 6.15. The third kappa shape index (κ3) is 4.03. The van der Waals surface area contributed by atoms with E-state index in [9.17, 15) is 8.42 Å². The van der Waals surface area contributed by atoms with E-state index in [-0.39, 0.29) is 17.5 Å². The molecule has 0 fully saturated rings. The maximum Gasteiger partial charge on any atom is 0.246 e. The van der Waals surface area contributed by atoms with Gasteiger partial charge in [-0.15, -0.1) is 0 Å². The van der Waals surface area contributed by atoms with E-state index in [4.69, 9.17) is 4.52 Å². The molecule has 24 heavy (non-hydrogen) atoms. The van der Waals surface area contributed by atoms with E-state index in [1.54, 1.807) is 13.8 Å². The predicted octanol–water partition coefficient (Wildman–Crippen LogP) is 2.65. The van der Waals surface area contributed by atoms with Crippen LogP contribution in [-0.4, -0.2) is 38.1 Å². The molecule has 1 atom stereocenters. The summed E-state index contributed by atoms with van der Waals surface area (Å²) < 4.78 is 33.0. The maximum atomic E-state index is 12.6. The van der Waals surface area contributed by atoms with Crippen molar-refractivity contribution in [3.05, 3.63) is 47.3 Å². The summed E-state index contributed by atoms with van der Waals surface area (Å²) in [6.45, 7) is 9.34. The molecule has 132 valence electrons. The van der Waals surface area contributed by atoms with Crippen molar-refractivity contribution in [2.24, 2.45) is 0 Å². The summed E-state index contributed by atoms with van der Waals surface area (Å²) in [5, 5.41) is 3.73. The Labute approximate surface area is 143 Å². The summed E-state index contributed by atoms with van der Waals surface area (Å²) in [6.07, 6.45) is 0. The first kappa shape index (κ1) is 18.6. The minimum Gasteiger partial charge on any atom is -0.360 e. The number of aryl methyl sites for hydroxylation is 2. The number of rotatable bonds is 8. The Morgan fingerprint density at radius 2 is 1.79 bits per heavy atom. The summed E-state index contributed by atoms with van der Waals surface area (Å²) >= 11 is 0. The highest BCUT2D eigenvalue weighted by molar-refractivity contribution is 7.89. The Hall–Kier alpha value is -1.70. The van der Waals surface area contributed by atoms with Crippen LogP contribution in [0.5, 0.6) is 0 Å². The topological polar surface area (TPSA) is 75.4 Å². The number of sulfonamides is 1. The van der Waals surface area contributed by atoms with Gasteiger partial charge in [0.2, 0.25) is 10.0 Å². The molecule has 1 heterocycles. The van der Waals surface area contributed by atoms with Gasteiger partial charge in [0.15, 0.2) is 5.76 Å². The van der Waals surface area contributed by atoms with Crippen molar-refractivity contribution in [1.82, 2.24) is 14.8 Å². The first-order valence-corrected chi connectivity index (χ1v) is 9.60. The van der Waals surface area contributed by atoms with Crippen LogP contribution in [0.4, 0.5) is 0 Å². The molecule has 0 amide bonds. The molecule has 2 rings (SSSR count). The maximum absolute atomic E-state index is 12.6. The molecule has 0 radical (unpaired) electrons. The van der Waals surface area contributed by atoms with Crippen LogP contribution < -0.4 is 4.72 Å². The number of hydrogen-bond acceptors (Lipinski definition) is 5. The fourth-order valence-electron chi connectivity index (χ4n) is 2.92. The molecule has 1 aromatic heterocycles. The standard InChI is InChI=1S/C17H25N3O3S/c1-5-20(6-2)16(15-10-8-7-9-11-15)12-18-24(21,22)17-13(3)19-23-14(17)4/h7-11,16,18H,5-6,12H2,1-4H3. The monoisotopic (exact) mass is 351 g/mol. The Morgan fingerprint density at radius 1 is 1.17 bits per heavy atom. The molecular weight excluding hydrogens is 326 g/mol. The van der Waals surface area contributed by atoms with E-state index in [1.165, 1.54) is 0 Å². The van der Waals surface area contributed by atoms with Crippen molar-refractivity contribution in [2.75, 3.05) is 19.6 Å². The van der Waals surface area contributed by atoms with Crippen LogP contribution in [0, 0.1) is 13.8 Å². The Morgan fingerprint density at radius 3 is 2.29 bits per heavy atom. The van der Waals surface area contributed by atoms with E-state index in [0.717, 1.165) is 18.7 Å². The van der Waals surface area contributed by atoms with Gasteiger partial charge in [-0.2, -0.15) is 0 Å². The lowest BCUT2D eigenvalue weighted by molar-refractivity contribution is 0.220. The van der Waals surface area contributed by atoms with Crippen molar-refractivity contribution < 1.29 is 12.9 Å². The van der Waals surface area contributed by atoms with E-state index in [0.29, 0.717) is 11.5 Å². The lowest BCUT2D eigenvalue weighted by Crippen LogP contribution is -2.38. The minimum absolute atomic E-state index is 0.0311. The number of nitrogens with zero attached hydrogens (tertiary/aromatic N) is 2. The fourth-order valence-corrected chi connectivity index (χ4v) is 4.28. The largest absolute Gasteiger partial charge is 0.360 e. The molecule has 1 aromatic carbocycles. The van der Waals surface area contributed by atoms with Crippen molar-refractivity contribution in [1.29, 1.82) is 0 Å². The molecule has 6 nitrogen and oxygen atoms in total. The smallest absolute Gasteiger partial charge is 0.246 e. The normalized spacial score (nSPS) is 13.4. The van der Waals surface area contributed by atoms with Gasteiger partial charge >= 0.3 is 0 Å². The molecule has 0 saturated carbocycles. The van der Waals surface area contributed by atoms with Gasteiger partial charge in [-0.05, 0) is 32.5 Å². The van der Waals surface area contributed by atoms with Crippen molar-refractivity contribution in [3.63, 3.8) is 0 Å². The van der Waals surface area contributed by atoms with E-state index in [2.05, 4.69) is 28.6 Å². The van der Waals surface area contributed by atoms with E-state index >= 15 is 0 Å². The molecule has 7 heteroatoms. The molecule has 0 spiro atoms. The summed E-state index contributed by atoms with van der Waals surface area (Å²) in [6, 6.07) is 9.90. The lowest BCUT2D eigenvalue weighted by Gasteiger charge is -2.30. The second-order valence-corrected chi connectivity index (χ2v) is 7.36. The van der Waals surface area contributed by atoms with Gasteiger partial charge in [0.25, 0.3) is 0 Å². The second kappa shape index (κ2) is 7.92. The van der Waals surface area contributed by atoms with Crippen molar-refractivity contribution in [3.8, 4) is 0 Å². The Balaban J connectivity index is 2.25.